The van der Waals surface area contributed by atoms with Crippen molar-refractivity contribution < 1.29 is 13.2 Å². The zero-order valence-electron chi connectivity index (χ0n) is 14.4. The summed E-state index contributed by atoms with van der Waals surface area (Å²) in [7, 11) is 0. The predicted octanol–water partition coefficient (Wildman–Crippen LogP) is 3.06. The fraction of sp³-hybridized carbons (Fsp3) is 0.389. The van der Waals surface area contributed by atoms with Gasteiger partial charge in [0, 0.05) is 25.7 Å². The quantitative estimate of drug-likeness (QED) is 0.762. The summed E-state index contributed by atoms with van der Waals surface area (Å²) in [5.74, 6) is 1.03. The van der Waals surface area contributed by atoms with E-state index in [1.54, 1.807) is 0 Å². The Morgan fingerprint density at radius 3 is 2.59 bits per heavy atom. The second-order valence-corrected chi connectivity index (χ2v) is 6.77. The largest absolute Gasteiger partial charge is 0.433 e. The Balaban J connectivity index is 1.40. The van der Waals surface area contributed by atoms with Crippen LogP contribution < -0.4 is 10.5 Å². The molecule has 1 aliphatic rings. The van der Waals surface area contributed by atoms with E-state index in [1.165, 1.54) is 4.57 Å². The molecule has 0 atom stereocenters. The molecule has 2 aromatic heterocycles. The van der Waals surface area contributed by atoms with E-state index in [4.69, 9.17) is 0 Å². The lowest BCUT2D eigenvalue weighted by atomic mass is 9.97. The molecule has 3 aromatic rings. The topological polar surface area (TPSA) is 66.8 Å². The minimum atomic E-state index is -4.60. The van der Waals surface area contributed by atoms with Gasteiger partial charge in [0.15, 0.2) is 5.69 Å². The summed E-state index contributed by atoms with van der Waals surface area (Å²) in [5.41, 5.74) is 0.0782. The number of para-hydroxylation sites is 2. The second-order valence-electron chi connectivity index (χ2n) is 6.77. The number of rotatable bonds is 3. The Labute approximate surface area is 152 Å². The van der Waals surface area contributed by atoms with Crippen LogP contribution in [0.1, 0.15) is 18.5 Å². The third kappa shape index (κ3) is 3.67. The monoisotopic (exact) mass is 377 g/mol. The molecule has 0 saturated carbocycles. The number of alkyl halides is 3. The van der Waals surface area contributed by atoms with Crippen LogP contribution in [0.5, 0.6) is 0 Å². The van der Waals surface area contributed by atoms with E-state index in [1.807, 2.05) is 24.3 Å². The van der Waals surface area contributed by atoms with Crippen LogP contribution in [0, 0.1) is 5.92 Å². The van der Waals surface area contributed by atoms with Gasteiger partial charge in [-0.05, 0) is 30.9 Å². The van der Waals surface area contributed by atoms with Gasteiger partial charge >= 0.3 is 6.18 Å². The summed E-state index contributed by atoms with van der Waals surface area (Å²) < 4.78 is 39.1. The number of halogens is 3. The summed E-state index contributed by atoms with van der Waals surface area (Å²) in [6.07, 6.45) is -1.96. The van der Waals surface area contributed by atoms with Crippen LogP contribution >= 0.6 is 0 Å². The van der Waals surface area contributed by atoms with Crippen LogP contribution in [0.25, 0.3) is 11.0 Å². The van der Waals surface area contributed by atoms with Gasteiger partial charge in [-0.25, -0.2) is 9.97 Å². The van der Waals surface area contributed by atoms with E-state index in [0.29, 0.717) is 12.6 Å². The van der Waals surface area contributed by atoms with Crippen molar-refractivity contribution in [2.45, 2.75) is 25.6 Å². The maximum absolute atomic E-state index is 12.6. The van der Waals surface area contributed by atoms with Gasteiger partial charge < -0.3 is 9.88 Å². The van der Waals surface area contributed by atoms with Crippen LogP contribution in [-0.2, 0) is 12.7 Å². The number of hydrogen-bond acceptors (Lipinski definition) is 4. The van der Waals surface area contributed by atoms with E-state index >= 15 is 0 Å². The number of piperidine rings is 1. The van der Waals surface area contributed by atoms with Crippen LogP contribution in [0.4, 0.5) is 19.1 Å². The first-order valence-corrected chi connectivity index (χ1v) is 8.73. The molecule has 1 N–H and O–H groups in total. The molecule has 0 amide bonds. The number of nitrogens with zero attached hydrogens (tertiary/aromatic N) is 4. The van der Waals surface area contributed by atoms with Crippen LogP contribution in [0.3, 0.4) is 0 Å². The van der Waals surface area contributed by atoms with Gasteiger partial charge in [0.1, 0.15) is 0 Å². The Kier molecular flexibility index (Phi) is 4.37. The first-order chi connectivity index (χ1) is 12.9. The highest BCUT2D eigenvalue weighted by Crippen LogP contribution is 2.27. The van der Waals surface area contributed by atoms with Gasteiger partial charge in [-0.1, -0.05) is 12.1 Å². The zero-order chi connectivity index (χ0) is 19.0. The number of benzene rings is 1. The second kappa shape index (κ2) is 6.71. The van der Waals surface area contributed by atoms with Gasteiger partial charge in [-0.2, -0.15) is 13.2 Å². The summed E-state index contributed by atoms with van der Waals surface area (Å²) in [6.45, 7) is 1.92. The molecule has 0 radical (unpaired) electrons. The number of aromatic amines is 1. The highest BCUT2D eigenvalue weighted by molar-refractivity contribution is 5.77. The number of fused-ring (bicyclic) bond motifs is 1. The maximum Gasteiger partial charge on any atom is 0.433 e. The number of hydrogen-bond donors (Lipinski definition) is 1. The lowest BCUT2D eigenvalue weighted by Gasteiger charge is -2.31. The number of aromatic nitrogens is 4. The third-order valence-electron chi connectivity index (χ3n) is 4.92. The highest BCUT2D eigenvalue weighted by atomic mass is 19.4. The molecular weight excluding hydrogens is 359 g/mol. The van der Waals surface area contributed by atoms with Crippen molar-refractivity contribution in [3.63, 3.8) is 0 Å². The molecule has 3 heterocycles. The Morgan fingerprint density at radius 2 is 1.93 bits per heavy atom. The Bertz CT molecular complexity index is 969. The summed E-state index contributed by atoms with van der Waals surface area (Å²) in [5, 5.41) is 0. The molecule has 0 unspecified atom stereocenters. The van der Waals surface area contributed by atoms with Crippen molar-refractivity contribution in [1.29, 1.82) is 0 Å². The zero-order valence-corrected chi connectivity index (χ0v) is 14.4. The molecule has 6 nitrogen and oxygen atoms in total. The van der Waals surface area contributed by atoms with Crippen LogP contribution in [0.15, 0.2) is 41.5 Å². The lowest BCUT2D eigenvalue weighted by Crippen LogP contribution is -2.37. The first-order valence-electron chi connectivity index (χ1n) is 8.73. The highest BCUT2D eigenvalue weighted by Gasteiger charge is 2.33. The first kappa shape index (κ1) is 17.6. The molecule has 0 spiro atoms. The lowest BCUT2D eigenvalue weighted by molar-refractivity contribution is -0.141. The molecule has 0 bridgehead atoms. The average Bonchev–Trinajstić information content (AvgIpc) is 3.07. The minimum absolute atomic E-state index is 0.210. The molecular formula is C18H18F3N5O. The van der Waals surface area contributed by atoms with Crippen molar-refractivity contribution in [2.75, 3.05) is 18.0 Å². The Morgan fingerprint density at radius 1 is 1.19 bits per heavy atom. The van der Waals surface area contributed by atoms with Gasteiger partial charge in [0.05, 0.1) is 17.4 Å². The van der Waals surface area contributed by atoms with Crippen molar-refractivity contribution >= 4 is 17.0 Å². The SMILES string of the molecule is O=c1cc(C(F)(F)F)ncn1CC1CCN(c2nc3ccccc3[nH]2)CC1. The van der Waals surface area contributed by atoms with E-state index in [-0.39, 0.29) is 5.92 Å². The molecule has 1 aromatic carbocycles. The third-order valence-corrected chi connectivity index (χ3v) is 4.92. The van der Waals surface area contributed by atoms with Crippen molar-refractivity contribution in [3.05, 3.63) is 52.7 Å². The van der Waals surface area contributed by atoms with Crippen molar-refractivity contribution in [1.82, 2.24) is 19.5 Å². The number of imidazole rings is 1. The summed E-state index contributed by atoms with van der Waals surface area (Å²) in [4.78, 5) is 25.4. The standard InChI is InChI=1S/C18H18F3N5O/c19-18(20,21)15-9-16(27)26(11-22-15)10-12-5-7-25(8-6-12)17-23-13-3-1-2-4-14(13)24-17/h1-4,9,11-12H,5-8,10H2,(H,23,24). The van der Waals surface area contributed by atoms with Gasteiger partial charge in [-0.15, -0.1) is 0 Å². The molecule has 1 aliphatic heterocycles. The van der Waals surface area contributed by atoms with Crippen molar-refractivity contribution in [3.8, 4) is 0 Å². The molecule has 142 valence electrons. The molecule has 0 aliphatic carbocycles. The van der Waals surface area contributed by atoms with E-state index in [2.05, 4.69) is 19.9 Å². The van der Waals surface area contributed by atoms with Gasteiger partial charge in [-0.3, -0.25) is 9.36 Å². The van der Waals surface area contributed by atoms with E-state index in [9.17, 15) is 18.0 Å². The molecule has 1 fully saturated rings. The normalized spacial score (nSPS) is 16.2. The molecule has 1 saturated heterocycles. The average molecular weight is 377 g/mol. The molecule has 27 heavy (non-hydrogen) atoms. The molecule has 4 rings (SSSR count). The maximum atomic E-state index is 12.6. The van der Waals surface area contributed by atoms with Crippen molar-refractivity contribution in [2.24, 2.45) is 5.92 Å². The Hall–Kier alpha value is -2.84. The van der Waals surface area contributed by atoms with E-state index < -0.39 is 17.4 Å². The number of anilines is 1. The summed E-state index contributed by atoms with van der Waals surface area (Å²) in [6, 6.07) is 8.37. The van der Waals surface area contributed by atoms with Gasteiger partial charge in [0.2, 0.25) is 5.95 Å². The smallest absolute Gasteiger partial charge is 0.342 e. The molecule has 9 heteroatoms. The fourth-order valence-electron chi connectivity index (χ4n) is 3.41. The fourth-order valence-corrected chi connectivity index (χ4v) is 3.41. The van der Waals surface area contributed by atoms with Crippen LogP contribution in [0.2, 0.25) is 0 Å². The van der Waals surface area contributed by atoms with Gasteiger partial charge in [0.25, 0.3) is 5.56 Å². The minimum Gasteiger partial charge on any atom is -0.342 e. The van der Waals surface area contributed by atoms with E-state index in [0.717, 1.165) is 49.2 Å². The number of H-pyrrole nitrogens is 1. The summed E-state index contributed by atoms with van der Waals surface area (Å²) >= 11 is 0. The van der Waals surface area contributed by atoms with Crippen LogP contribution in [-0.4, -0.2) is 32.6 Å². The predicted molar refractivity (Wildman–Crippen MR) is 94.5 cm³/mol. The number of nitrogens with one attached hydrogen (secondary N) is 1.